The molecule has 0 saturated carbocycles. The number of aryl methyl sites for hydroxylation is 1. The zero-order valence-corrected chi connectivity index (χ0v) is 11.4. The molecule has 0 aliphatic heterocycles. The van der Waals surface area contributed by atoms with Gasteiger partial charge in [-0.25, -0.2) is 4.98 Å². The highest BCUT2D eigenvalue weighted by atomic mass is 16.3. The first-order chi connectivity index (χ1) is 9.07. The van der Waals surface area contributed by atoms with Gasteiger partial charge in [-0.15, -0.1) is 0 Å². The van der Waals surface area contributed by atoms with Crippen LogP contribution in [0, 0.1) is 6.92 Å². The topological polar surface area (TPSA) is 59.1 Å². The molecule has 3 heteroatoms. The SMILES string of the molecule is CCC(O)(Cc1ccccc1)c1c(C)ccnc1N. The Morgan fingerprint density at radius 3 is 2.47 bits per heavy atom. The predicted octanol–water partition coefficient (Wildman–Crippen LogP) is 2.81. The molecular formula is C16H20N2O. The molecule has 0 aliphatic rings. The number of nitrogens with zero attached hydrogens (tertiary/aromatic N) is 1. The molecule has 1 aromatic carbocycles. The van der Waals surface area contributed by atoms with Gasteiger partial charge in [-0.1, -0.05) is 37.3 Å². The molecule has 2 rings (SSSR count). The number of benzene rings is 1. The first-order valence-electron chi connectivity index (χ1n) is 6.54. The van der Waals surface area contributed by atoms with Crippen molar-refractivity contribution < 1.29 is 5.11 Å². The van der Waals surface area contributed by atoms with Gasteiger partial charge in [-0.2, -0.15) is 0 Å². The van der Waals surface area contributed by atoms with Crippen molar-refractivity contribution >= 4 is 5.82 Å². The normalized spacial score (nSPS) is 14.1. The summed E-state index contributed by atoms with van der Waals surface area (Å²) < 4.78 is 0. The lowest BCUT2D eigenvalue weighted by Crippen LogP contribution is -2.30. The maximum Gasteiger partial charge on any atom is 0.129 e. The quantitative estimate of drug-likeness (QED) is 0.884. The Kier molecular flexibility index (Phi) is 3.86. The van der Waals surface area contributed by atoms with E-state index in [4.69, 9.17) is 5.73 Å². The van der Waals surface area contributed by atoms with E-state index in [1.54, 1.807) is 6.20 Å². The molecule has 19 heavy (non-hydrogen) atoms. The van der Waals surface area contributed by atoms with Crippen molar-refractivity contribution in [1.29, 1.82) is 0 Å². The molecule has 0 bridgehead atoms. The first kappa shape index (κ1) is 13.6. The minimum atomic E-state index is -0.968. The summed E-state index contributed by atoms with van der Waals surface area (Å²) in [6, 6.07) is 11.8. The third-order valence-corrected chi connectivity index (χ3v) is 3.58. The number of aromatic nitrogens is 1. The van der Waals surface area contributed by atoms with Crippen molar-refractivity contribution in [3.8, 4) is 0 Å². The van der Waals surface area contributed by atoms with Crippen LogP contribution in [-0.2, 0) is 12.0 Å². The molecule has 0 amide bonds. The lowest BCUT2D eigenvalue weighted by Gasteiger charge is -2.30. The van der Waals surface area contributed by atoms with Gasteiger partial charge >= 0.3 is 0 Å². The molecule has 2 aromatic rings. The number of rotatable bonds is 4. The molecule has 0 aliphatic carbocycles. The number of nitrogen functional groups attached to an aromatic ring is 1. The Balaban J connectivity index is 2.43. The van der Waals surface area contributed by atoms with E-state index >= 15 is 0 Å². The van der Waals surface area contributed by atoms with E-state index in [1.165, 1.54) is 0 Å². The maximum absolute atomic E-state index is 11.0. The number of hydrogen-bond donors (Lipinski definition) is 2. The second-order valence-electron chi connectivity index (χ2n) is 4.94. The molecule has 3 nitrogen and oxygen atoms in total. The van der Waals surface area contributed by atoms with Crippen LogP contribution in [0.2, 0.25) is 0 Å². The second kappa shape index (κ2) is 5.41. The van der Waals surface area contributed by atoms with Gasteiger partial charge in [0.25, 0.3) is 0 Å². The van der Waals surface area contributed by atoms with E-state index in [-0.39, 0.29) is 0 Å². The second-order valence-corrected chi connectivity index (χ2v) is 4.94. The van der Waals surface area contributed by atoms with Gasteiger partial charge in [0.05, 0.1) is 5.60 Å². The van der Waals surface area contributed by atoms with Gasteiger partial charge in [0.15, 0.2) is 0 Å². The molecule has 0 radical (unpaired) electrons. The monoisotopic (exact) mass is 256 g/mol. The molecule has 1 aromatic heterocycles. The molecular weight excluding hydrogens is 236 g/mol. The maximum atomic E-state index is 11.0. The van der Waals surface area contributed by atoms with E-state index in [9.17, 15) is 5.11 Å². The van der Waals surface area contributed by atoms with Crippen LogP contribution in [0.4, 0.5) is 5.82 Å². The van der Waals surface area contributed by atoms with Gasteiger partial charge in [-0.3, -0.25) is 0 Å². The van der Waals surface area contributed by atoms with Crippen molar-refractivity contribution in [3.63, 3.8) is 0 Å². The number of pyridine rings is 1. The van der Waals surface area contributed by atoms with Crippen LogP contribution in [0.5, 0.6) is 0 Å². The van der Waals surface area contributed by atoms with E-state index in [0.717, 1.165) is 16.7 Å². The third-order valence-electron chi connectivity index (χ3n) is 3.58. The van der Waals surface area contributed by atoms with Crippen LogP contribution in [0.1, 0.15) is 30.0 Å². The van der Waals surface area contributed by atoms with E-state index in [2.05, 4.69) is 4.98 Å². The highest BCUT2D eigenvalue weighted by molar-refractivity contribution is 5.48. The molecule has 0 fully saturated rings. The highest BCUT2D eigenvalue weighted by Gasteiger charge is 2.31. The Hall–Kier alpha value is -1.87. The summed E-state index contributed by atoms with van der Waals surface area (Å²) in [6.07, 6.45) is 2.81. The van der Waals surface area contributed by atoms with E-state index < -0.39 is 5.60 Å². The van der Waals surface area contributed by atoms with Gasteiger partial charge in [-0.05, 0) is 30.5 Å². The molecule has 0 saturated heterocycles. The summed E-state index contributed by atoms with van der Waals surface area (Å²) in [5.74, 6) is 0.417. The van der Waals surface area contributed by atoms with Crippen LogP contribution in [0.3, 0.4) is 0 Å². The standard InChI is InChI=1S/C16H20N2O/c1-3-16(19,11-13-7-5-4-6-8-13)14-12(2)9-10-18-15(14)17/h4-10,19H,3,11H2,1-2H3,(H2,17,18). The molecule has 1 unspecified atom stereocenters. The lowest BCUT2D eigenvalue weighted by molar-refractivity contribution is 0.0326. The number of aliphatic hydroxyl groups is 1. The highest BCUT2D eigenvalue weighted by Crippen LogP contribution is 2.34. The minimum absolute atomic E-state index is 0.417. The van der Waals surface area contributed by atoms with Crippen LogP contribution >= 0.6 is 0 Å². The predicted molar refractivity (Wildman–Crippen MR) is 77.7 cm³/mol. The van der Waals surface area contributed by atoms with E-state index in [1.807, 2.05) is 50.2 Å². The fourth-order valence-corrected chi connectivity index (χ4v) is 2.51. The fourth-order valence-electron chi connectivity index (χ4n) is 2.51. The Labute approximate surface area is 114 Å². The average molecular weight is 256 g/mol. The minimum Gasteiger partial charge on any atom is -0.385 e. The molecule has 0 spiro atoms. The van der Waals surface area contributed by atoms with Crippen molar-refractivity contribution in [2.24, 2.45) is 0 Å². The Morgan fingerprint density at radius 1 is 1.21 bits per heavy atom. The molecule has 1 atom stereocenters. The number of hydrogen-bond acceptors (Lipinski definition) is 3. The number of anilines is 1. The Bertz CT molecular complexity index is 534. The summed E-state index contributed by atoms with van der Waals surface area (Å²) in [6.45, 7) is 3.92. The third kappa shape index (κ3) is 2.76. The lowest BCUT2D eigenvalue weighted by atomic mass is 9.83. The van der Waals surface area contributed by atoms with Crippen molar-refractivity contribution in [3.05, 3.63) is 59.3 Å². The molecule has 100 valence electrons. The van der Waals surface area contributed by atoms with Crippen molar-refractivity contribution in [2.75, 3.05) is 5.73 Å². The van der Waals surface area contributed by atoms with Crippen LogP contribution < -0.4 is 5.73 Å². The summed E-state index contributed by atoms with van der Waals surface area (Å²) in [4.78, 5) is 4.11. The smallest absolute Gasteiger partial charge is 0.129 e. The van der Waals surface area contributed by atoms with Crippen LogP contribution in [0.15, 0.2) is 42.6 Å². The zero-order chi connectivity index (χ0) is 13.9. The molecule has 1 heterocycles. The summed E-state index contributed by atoms with van der Waals surface area (Å²) in [5.41, 5.74) is 7.82. The van der Waals surface area contributed by atoms with Crippen molar-refractivity contribution in [2.45, 2.75) is 32.3 Å². The average Bonchev–Trinajstić information content (AvgIpc) is 2.39. The largest absolute Gasteiger partial charge is 0.385 e. The number of nitrogens with two attached hydrogens (primary N) is 1. The fraction of sp³-hybridized carbons (Fsp3) is 0.312. The van der Waals surface area contributed by atoms with Crippen LogP contribution in [0.25, 0.3) is 0 Å². The van der Waals surface area contributed by atoms with Gasteiger partial charge in [0.1, 0.15) is 5.82 Å². The van der Waals surface area contributed by atoms with Gasteiger partial charge in [0.2, 0.25) is 0 Å². The summed E-state index contributed by atoms with van der Waals surface area (Å²) in [7, 11) is 0. The van der Waals surface area contributed by atoms with Crippen LogP contribution in [-0.4, -0.2) is 10.1 Å². The van der Waals surface area contributed by atoms with E-state index in [0.29, 0.717) is 18.7 Å². The summed E-state index contributed by atoms with van der Waals surface area (Å²) >= 11 is 0. The Morgan fingerprint density at radius 2 is 1.89 bits per heavy atom. The zero-order valence-electron chi connectivity index (χ0n) is 11.4. The van der Waals surface area contributed by atoms with Crippen molar-refractivity contribution in [1.82, 2.24) is 4.98 Å². The van der Waals surface area contributed by atoms with Gasteiger partial charge in [0, 0.05) is 18.2 Å². The molecule has 3 N–H and O–H groups in total. The van der Waals surface area contributed by atoms with Gasteiger partial charge < -0.3 is 10.8 Å². The summed E-state index contributed by atoms with van der Waals surface area (Å²) in [5, 5.41) is 11.0. The first-order valence-corrected chi connectivity index (χ1v) is 6.54.